The number of nitrogens with zero attached hydrogens (tertiary/aromatic N) is 1. The molecule has 0 spiro atoms. The molecule has 0 aliphatic heterocycles. The average Bonchev–Trinajstić information content (AvgIpc) is 2.96. The van der Waals surface area contributed by atoms with E-state index in [1.165, 1.54) is 28.5 Å². The van der Waals surface area contributed by atoms with E-state index in [4.69, 9.17) is 5.11 Å². The molecule has 2 N–H and O–H groups in total. The fraction of sp³-hybridized carbons (Fsp3) is 0.214. The lowest BCUT2D eigenvalue weighted by atomic mass is 10.2. The molecule has 2 rings (SSSR count). The van der Waals surface area contributed by atoms with Crippen LogP contribution in [0.2, 0.25) is 0 Å². The van der Waals surface area contributed by atoms with E-state index in [9.17, 15) is 9.59 Å². The number of rotatable bonds is 6. The number of nitrogens with one attached hydrogen (secondary N) is 1. The van der Waals surface area contributed by atoms with E-state index >= 15 is 0 Å². The van der Waals surface area contributed by atoms with Gasteiger partial charge in [0.1, 0.15) is 0 Å². The Labute approximate surface area is 130 Å². The van der Waals surface area contributed by atoms with Gasteiger partial charge in [-0.3, -0.25) is 4.79 Å². The van der Waals surface area contributed by atoms with Crippen LogP contribution < -0.4 is 5.32 Å². The number of carboxylic acids is 1. The van der Waals surface area contributed by atoms with Gasteiger partial charge in [0.2, 0.25) is 0 Å². The largest absolute Gasteiger partial charge is 0.476 e. The van der Waals surface area contributed by atoms with E-state index in [1.807, 2.05) is 24.5 Å². The lowest BCUT2D eigenvalue weighted by Crippen LogP contribution is -2.26. The van der Waals surface area contributed by atoms with Gasteiger partial charge in [0.05, 0.1) is 10.6 Å². The minimum atomic E-state index is -1.03. The summed E-state index contributed by atoms with van der Waals surface area (Å²) in [7, 11) is 0. The summed E-state index contributed by atoms with van der Waals surface area (Å²) in [4.78, 5) is 27.7. The van der Waals surface area contributed by atoms with Crippen molar-refractivity contribution in [1.29, 1.82) is 0 Å². The standard InChI is InChI=1S/C14H14N2O3S2/c1-20-11-5-3-2-4-9(11)13(17)15-7-6-12-16-10(8-21-12)14(18)19/h2-5,8H,6-7H2,1H3,(H,15,17)(H,18,19). The number of carbonyl (C=O) groups excluding carboxylic acids is 1. The lowest BCUT2D eigenvalue weighted by molar-refractivity contribution is 0.0690. The molecular weight excluding hydrogens is 308 g/mol. The molecule has 21 heavy (non-hydrogen) atoms. The summed E-state index contributed by atoms with van der Waals surface area (Å²) in [5, 5.41) is 13.8. The van der Waals surface area contributed by atoms with Gasteiger partial charge in [-0.05, 0) is 18.4 Å². The molecule has 1 amide bonds. The fourth-order valence-electron chi connectivity index (χ4n) is 1.73. The highest BCUT2D eigenvalue weighted by molar-refractivity contribution is 7.98. The highest BCUT2D eigenvalue weighted by Crippen LogP contribution is 2.19. The van der Waals surface area contributed by atoms with Crippen LogP contribution in [-0.4, -0.2) is 34.8 Å². The van der Waals surface area contributed by atoms with Gasteiger partial charge in [0.25, 0.3) is 5.91 Å². The van der Waals surface area contributed by atoms with Crippen LogP contribution in [0.1, 0.15) is 25.9 Å². The number of hydrogen-bond acceptors (Lipinski definition) is 5. The van der Waals surface area contributed by atoms with Gasteiger partial charge in [-0.15, -0.1) is 23.1 Å². The van der Waals surface area contributed by atoms with Crippen LogP contribution in [0.15, 0.2) is 34.5 Å². The summed E-state index contributed by atoms with van der Waals surface area (Å²) in [6.45, 7) is 0.425. The first-order valence-electron chi connectivity index (χ1n) is 6.20. The Balaban J connectivity index is 1.90. The Morgan fingerprint density at radius 1 is 1.38 bits per heavy atom. The van der Waals surface area contributed by atoms with E-state index in [0.29, 0.717) is 23.5 Å². The van der Waals surface area contributed by atoms with E-state index in [1.54, 1.807) is 6.07 Å². The molecule has 0 bridgehead atoms. The molecule has 0 aliphatic rings. The molecule has 0 radical (unpaired) electrons. The number of hydrogen-bond donors (Lipinski definition) is 2. The summed E-state index contributed by atoms with van der Waals surface area (Å²) in [5.41, 5.74) is 0.699. The summed E-state index contributed by atoms with van der Waals surface area (Å²) in [6, 6.07) is 7.41. The molecule has 5 nitrogen and oxygen atoms in total. The van der Waals surface area contributed by atoms with Crippen molar-refractivity contribution in [2.24, 2.45) is 0 Å². The van der Waals surface area contributed by atoms with E-state index in [0.717, 1.165) is 4.90 Å². The zero-order valence-electron chi connectivity index (χ0n) is 11.3. The molecule has 0 aliphatic carbocycles. The van der Waals surface area contributed by atoms with Gasteiger partial charge in [-0.25, -0.2) is 9.78 Å². The maximum absolute atomic E-state index is 12.1. The molecular formula is C14H14N2O3S2. The van der Waals surface area contributed by atoms with Crippen LogP contribution >= 0.6 is 23.1 Å². The second kappa shape index (κ2) is 7.24. The number of amides is 1. The van der Waals surface area contributed by atoms with Gasteiger partial charge >= 0.3 is 5.97 Å². The molecule has 2 aromatic rings. The molecule has 0 fully saturated rings. The number of thioether (sulfide) groups is 1. The Morgan fingerprint density at radius 2 is 2.14 bits per heavy atom. The first-order chi connectivity index (χ1) is 10.1. The van der Waals surface area contributed by atoms with Crippen LogP contribution in [0.25, 0.3) is 0 Å². The van der Waals surface area contributed by atoms with Crippen molar-refractivity contribution < 1.29 is 14.7 Å². The molecule has 1 aromatic heterocycles. The second-order valence-corrected chi connectivity index (χ2v) is 5.93. The minimum Gasteiger partial charge on any atom is -0.476 e. The Morgan fingerprint density at radius 3 is 2.81 bits per heavy atom. The lowest BCUT2D eigenvalue weighted by Gasteiger charge is -2.07. The molecule has 0 saturated heterocycles. The first kappa shape index (κ1) is 15.5. The van der Waals surface area contributed by atoms with Gasteiger partial charge in [0.15, 0.2) is 5.69 Å². The van der Waals surface area contributed by atoms with Crippen molar-refractivity contribution in [1.82, 2.24) is 10.3 Å². The molecule has 0 unspecified atom stereocenters. The highest BCUT2D eigenvalue weighted by atomic mass is 32.2. The van der Waals surface area contributed by atoms with Crippen LogP contribution in [0.3, 0.4) is 0 Å². The third kappa shape index (κ3) is 4.05. The van der Waals surface area contributed by atoms with Crippen LogP contribution in [0.5, 0.6) is 0 Å². The van der Waals surface area contributed by atoms with Crippen molar-refractivity contribution in [3.63, 3.8) is 0 Å². The van der Waals surface area contributed by atoms with Crippen molar-refractivity contribution in [3.8, 4) is 0 Å². The third-order valence-electron chi connectivity index (χ3n) is 2.75. The maximum atomic E-state index is 12.1. The smallest absolute Gasteiger partial charge is 0.355 e. The quantitative estimate of drug-likeness (QED) is 0.799. The van der Waals surface area contributed by atoms with Crippen molar-refractivity contribution in [3.05, 3.63) is 45.9 Å². The zero-order chi connectivity index (χ0) is 15.2. The van der Waals surface area contributed by atoms with Gasteiger partial charge in [-0.1, -0.05) is 12.1 Å². The second-order valence-electron chi connectivity index (χ2n) is 4.14. The van der Waals surface area contributed by atoms with Crippen LogP contribution in [0.4, 0.5) is 0 Å². The monoisotopic (exact) mass is 322 g/mol. The SMILES string of the molecule is CSc1ccccc1C(=O)NCCc1nc(C(=O)O)cs1. The van der Waals surface area contributed by atoms with E-state index < -0.39 is 5.97 Å². The Bertz CT molecular complexity index is 655. The van der Waals surface area contributed by atoms with E-state index in [2.05, 4.69) is 10.3 Å². The van der Waals surface area contributed by atoms with Crippen LogP contribution in [0, 0.1) is 0 Å². The minimum absolute atomic E-state index is 0.0501. The molecule has 1 aromatic carbocycles. The van der Waals surface area contributed by atoms with E-state index in [-0.39, 0.29) is 11.6 Å². The zero-order valence-corrected chi connectivity index (χ0v) is 13.0. The predicted octanol–water partition coefficient (Wildman–Crippen LogP) is 2.54. The van der Waals surface area contributed by atoms with Crippen molar-refractivity contribution in [2.75, 3.05) is 12.8 Å². The maximum Gasteiger partial charge on any atom is 0.355 e. The number of thiazole rings is 1. The molecule has 7 heteroatoms. The number of carbonyl (C=O) groups is 2. The summed E-state index contributed by atoms with van der Waals surface area (Å²) in [6.07, 6.45) is 2.44. The fourth-order valence-corrected chi connectivity index (χ4v) is 3.10. The topological polar surface area (TPSA) is 79.3 Å². The summed E-state index contributed by atoms with van der Waals surface area (Å²) >= 11 is 2.81. The predicted molar refractivity (Wildman–Crippen MR) is 83.3 cm³/mol. The Kier molecular flexibility index (Phi) is 5.35. The number of aromatic carboxylic acids is 1. The van der Waals surface area contributed by atoms with Crippen LogP contribution in [-0.2, 0) is 6.42 Å². The third-order valence-corrected chi connectivity index (χ3v) is 4.45. The van der Waals surface area contributed by atoms with Gasteiger partial charge in [-0.2, -0.15) is 0 Å². The number of carboxylic acid groups (broad SMARTS) is 1. The number of benzene rings is 1. The molecule has 1 heterocycles. The average molecular weight is 322 g/mol. The normalized spacial score (nSPS) is 10.3. The summed E-state index contributed by atoms with van der Waals surface area (Å²) in [5.74, 6) is -1.16. The van der Waals surface area contributed by atoms with Gasteiger partial charge in [0, 0.05) is 23.2 Å². The molecule has 110 valence electrons. The van der Waals surface area contributed by atoms with Crippen molar-refractivity contribution in [2.45, 2.75) is 11.3 Å². The van der Waals surface area contributed by atoms with Crippen molar-refractivity contribution >= 4 is 35.0 Å². The first-order valence-corrected chi connectivity index (χ1v) is 8.31. The van der Waals surface area contributed by atoms with Gasteiger partial charge < -0.3 is 10.4 Å². The molecule has 0 atom stereocenters. The number of aromatic nitrogens is 1. The summed E-state index contributed by atoms with van der Waals surface area (Å²) < 4.78 is 0. The molecule has 0 saturated carbocycles. The Hall–Kier alpha value is -1.86. The highest BCUT2D eigenvalue weighted by Gasteiger charge is 2.11.